The molecule has 0 bridgehead atoms. The van der Waals surface area contributed by atoms with Gasteiger partial charge in [0.25, 0.3) is 0 Å². The zero-order valence-electron chi connectivity index (χ0n) is 13.1. The summed E-state index contributed by atoms with van der Waals surface area (Å²) in [5.74, 6) is 0. The summed E-state index contributed by atoms with van der Waals surface area (Å²) in [7, 11) is 0. The number of carbonyl (C=O) groups is 2. The molecule has 5 heteroatoms. The molecule has 1 aromatic heterocycles. The minimum absolute atomic E-state index is 0.566. The van der Waals surface area contributed by atoms with Gasteiger partial charge in [-0.1, -0.05) is 0 Å². The van der Waals surface area contributed by atoms with Gasteiger partial charge in [0.2, 0.25) is 0 Å². The predicted octanol–water partition coefficient (Wildman–Crippen LogP) is 3.57. The summed E-state index contributed by atoms with van der Waals surface area (Å²) in [6.07, 6.45) is 4.75. The van der Waals surface area contributed by atoms with Crippen LogP contribution in [0.3, 0.4) is 0 Å². The maximum atomic E-state index is 12.0. The Morgan fingerprint density at radius 2 is 1.95 bits per heavy atom. The smallest absolute Gasteiger partial charge is 0.408 e. The Morgan fingerprint density at radius 1 is 1.29 bits per heavy atom. The number of aldehydes is 1. The van der Waals surface area contributed by atoms with Gasteiger partial charge in [-0.05, 0) is 65.0 Å². The molecule has 0 spiro atoms. The topological polar surface area (TPSA) is 55.4 Å². The van der Waals surface area contributed by atoms with E-state index in [0.29, 0.717) is 0 Å². The number of alkyl carbamates (subject to hydrolysis) is 1. The van der Waals surface area contributed by atoms with Crippen molar-refractivity contribution in [3.05, 3.63) is 21.4 Å². The van der Waals surface area contributed by atoms with Gasteiger partial charge in [-0.2, -0.15) is 0 Å². The molecule has 1 N–H and O–H groups in total. The van der Waals surface area contributed by atoms with Crippen molar-refractivity contribution in [1.29, 1.82) is 0 Å². The van der Waals surface area contributed by atoms with Gasteiger partial charge in [0.05, 0.1) is 0 Å². The summed E-state index contributed by atoms with van der Waals surface area (Å²) in [5.41, 5.74) is -0.285. The number of rotatable bonds is 3. The number of hydrogen-bond acceptors (Lipinski definition) is 4. The van der Waals surface area contributed by atoms with E-state index in [4.69, 9.17) is 4.74 Å². The first-order chi connectivity index (χ1) is 9.73. The molecule has 1 heterocycles. The highest BCUT2D eigenvalue weighted by molar-refractivity contribution is 7.12. The highest BCUT2D eigenvalue weighted by atomic mass is 32.1. The number of ether oxygens (including phenoxy) is 1. The number of amides is 1. The third-order valence-corrected chi connectivity index (χ3v) is 4.98. The fourth-order valence-electron chi connectivity index (χ4n) is 2.41. The summed E-state index contributed by atoms with van der Waals surface area (Å²) in [6, 6.07) is 2.06. The minimum atomic E-state index is -1.02. The quantitative estimate of drug-likeness (QED) is 0.869. The first-order valence-electron chi connectivity index (χ1n) is 7.33. The number of fused-ring (bicyclic) bond motifs is 1. The van der Waals surface area contributed by atoms with Gasteiger partial charge in [-0.25, -0.2) is 4.79 Å². The highest BCUT2D eigenvalue weighted by Gasteiger charge is 2.33. The van der Waals surface area contributed by atoms with Crippen LogP contribution < -0.4 is 5.32 Å². The first kappa shape index (κ1) is 16.0. The lowest BCUT2D eigenvalue weighted by Gasteiger charge is -2.26. The average molecular weight is 309 g/mol. The van der Waals surface area contributed by atoms with Crippen LogP contribution >= 0.6 is 11.3 Å². The lowest BCUT2D eigenvalue weighted by molar-refractivity contribution is -0.113. The summed E-state index contributed by atoms with van der Waals surface area (Å²) < 4.78 is 5.25. The number of nitrogens with one attached hydrogen (secondary N) is 1. The van der Waals surface area contributed by atoms with Gasteiger partial charge in [0.15, 0.2) is 6.29 Å². The zero-order valence-corrected chi connectivity index (χ0v) is 13.9. The van der Waals surface area contributed by atoms with Gasteiger partial charge in [-0.3, -0.25) is 0 Å². The molecule has 0 aromatic carbocycles. The van der Waals surface area contributed by atoms with Crippen LogP contribution in [0.25, 0.3) is 0 Å². The molecule has 0 fully saturated rings. The van der Waals surface area contributed by atoms with Gasteiger partial charge >= 0.3 is 6.09 Å². The maximum Gasteiger partial charge on any atom is 0.408 e. The SMILES string of the molecule is CC(C)(C)OC(=O)NC(C)(C=O)c1cc2c(s1)CCCC2. The molecule has 1 unspecified atom stereocenters. The molecule has 0 saturated heterocycles. The van der Waals surface area contributed by atoms with E-state index >= 15 is 0 Å². The summed E-state index contributed by atoms with van der Waals surface area (Å²) in [4.78, 5) is 25.8. The fourth-order valence-corrected chi connectivity index (χ4v) is 3.73. The summed E-state index contributed by atoms with van der Waals surface area (Å²) >= 11 is 1.63. The Kier molecular flexibility index (Phi) is 4.42. The van der Waals surface area contributed by atoms with Gasteiger partial charge in [0, 0.05) is 9.75 Å². The van der Waals surface area contributed by atoms with E-state index in [-0.39, 0.29) is 0 Å². The van der Waals surface area contributed by atoms with E-state index in [1.807, 2.05) is 0 Å². The van der Waals surface area contributed by atoms with Crippen LogP contribution in [0.15, 0.2) is 6.07 Å². The standard InChI is InChI=1S/C16H23NO3S/c1-15(2,3)20-14(19)17-16(4,10-18)13-9-11-7-5-6-8-12(11)21-13/h9-10H,5-8H2,1-4H3,(H,17,19). The molecular formula is C16H23NO3S. The van der Waals surface area contributed by atoms with Gasteiger partial charge in [0.1, 0.15) is 11.1 Å². The van der Waals surface area contributed by atoms with Crippen LogP contribution in [0.5, 0.6) is 0 Å². The molecule has 2 rings (SSSR count). The molecular weight excluding hydrogens is 286 g/mol. The van der Waals surface area contributed by atoms with Crippen LogP contribution in [-0.2, 0) is 27.9 Å². The fraction of sp³-hybridized carbons (Fsp3) is 0.625. The first-order valence-corrected chi connectivity index (χ1v) is 8.15. The minimum Gasteiger partial charge on any atom is -0.444 e. The van der Waals surface area contributed by atoms with E-state index in [1.54, 1.807) is 39.0 Å². The molecule has 4 nitrogen and oxygen atoms in total. The molecule has 1 amide bonds. The lowest BCUT2D eigenvalue weighted by Crippen LogP contribution is -2.46. The van der Waals surface area contributed by atoms with E-state index in [2.05, 4.69) is 11.4 Å². The van der Waals surface area contributed by atoms with Crippen molar-refractivity contribution in [2.45, 2.75) is 64.5 Å². The van der Waals surface area contributed by atoms with Crippen molar-refractivity contribution < 1.29 is 14.3 Å². The molecule has 0 radical (unpaired) electrons. The third-order valence-electron chi connectivity index (χ3n) is 3.50. The van der Waals surface area contributed by atoms with E-state index in [0.717, 1.165) is 24.0 Å². The number of hydrogen-bond donors (Lipinski definition) is 1. The zero-order chi connectivity index (χ0) is 15.7. The van der Waals surface area contributed by atoms with Crippen molar-refractivity contribution in [1.82, 2.24) is 5.32 Å². The Hall–Kier alpha value is -1.36. The molecule has 1 aliphatic rings. The second kappa shape index (κ2) is 5.79. The second-order valence-corrected chi connectivity index (χ2v) is 7.85. The van der Waals surface area contributed by atoms with Crippen LogP contribution in [0.1, 0.15) is 55.9 Å². The van der Waals surface area contributed by atoms with Crippen LogP contribution in [-0.4, -0.2) is 18.0 Å². The monoisotopic (exact) mass is 309 g/mol. The Labute approximate surface area is 129 Å². The van der Waals surface area contributed by atoms with Crippen LogP contribution in [0.4, 0.5) is 4.79 Å². The Balaban J connectivity index is 2.18. The lowest BCUT2D eigenvalue weighted by atomic mass is 9.96. The molecule has 1 atom stereocenters. The van der Waals surface area contributed by atoms with Crippen molar-refractivity contribution >= 4 is 23.7 Å². The van der Waals surface area contributed by atoms with Gasteiger partial charge < -0.3 is 14.8 Å². The number of carbonyl (C=O) groups excluding carboxylic acids is 2. The third kappa shape index (κ3) is 3.84. The van der Waals surface area contributed by atoms with E-state index in [1.165, 1.54) is 23.3 Å². The second-order valence-electron chi connectivity index (χ2n) is 6.71. The summed E-state index contributed by atoms with van der Waals surface area (Å²) in [6.45, 7) is 7.12. The number of thiophene rings is 1. The molecule has 21 heavy (non-hydrogen) atoms. The largest absolute Gasteiger partial charge is 0.444 e. The van der Waals surface area contributed by atoms with E-state index < -0.39 is 17.2 Å². The predicted molar refractivity (Wildman–Crippen MR) is 83.7 cm³/mol. The van der Waals surface area contributed by atoms with Crippen LogP contribution in [0.2, 0.25) is 0 Å². The highest BCUT2D eigenvalue weighted by Crippen LogP contribution is 2.34. The van der Waals surface area contributed by atoms with E-state index in [9.17, 15) is 9.59 Å². The van der Waals surface area contributed by atoms with Crippen molar-refractivity contribution in [2.24, 2.45) is 0 Å². The molecule has 0 saturated carbocycles. The normalized spacial score (nSPS) is 17.5. The van der Waals surface area contributed by atoms with Crippen molar-refractivity contribution in [3.63, 3.8) is 0 Å². The Bertz CT molecular complexity index is 521. The Morgan fingerprint density at radius 3 is 2.52 bits per heavy atom. The number of aryl methyl sites for hydroxylation is 2. The maximum absolute atomic E-state index is 12.0. The van der Waals surface area contributed by atoms with Crippen LogP contribution in [0, 0.1) is 0 Å². The molecule has 1 aliphatic carbocycles. The van der Waals surface area contributed by atoms with Crippen molar-refractivity contribution in [2.75, 3.05) is 0 Å². The van der Waals surface area contributed by atoms with Gasteiger partial charge in [-0.15, -0.1) is 11.3 Å². The van der Waals surface area contributed by atoms with Crippen molar-refractivity contribution in [3.8, 4) is 0 Å². The molecule has 1 aromatic rings. The average Bonchev–Trinajstić information content (AvgIpc) is 2.80. The summed E-state index contributed by atoms with van der Waals surface area (Å²) in [5, 5.41) is 2.71. The molecule has 0 aliphatic heterocycles. The molecule has 116 valence electrons.